The molecule has 0 aromatic heterocycles. The number of benzene rings is 1. The Morgan fingerprint density at radius 1 is 1.11 bits per heavy atom. The van der Waals surface area contributed by atoms with Crippen molar-refractivity contribution in [2.24, 2.45) is 0 Å². The topological polar surface area (TPSA) is 20.2 Å². The molecule has 18 heavy (non-hydrogen) atoms. The molecule has 0 saturated heterocycles. The largest absolute Gasteiger partial charge is 0.392 e. The summed E-state index contributed by atoms with van der Waals surface area (Å²) in [7, 11) is 0. The van der Waals surface area contributed by atoms with Crippen LogP contribution in [0.25, 0.3) is 6.08 Å². The molecule has 0 amide bonds. The maximum Gasteiger partial charge on any atom is 0.0615 e. The summed E-state index contributed by atoms with van der Waals surface area (Å²) in [6.45, 7) is 2.34. The van der Waals surface area contributed by atoms with Crippen LogP contribution in [-0.4, -0.2) is 11.7 Å². The van der Waals surface area contributed by atoms with Crippen molar-refractivity contribution < 1.29 is 5.11 Å². The number of unbranched alkanes of at least 4 members (excludes halogenated alkanes) is 3. The lowest BCUT2D eigenvalue weighted by Gasteiger charge is -2.03. The molecule has 0 bridgehead atoms. The van der Waals surface area contributed by atoms with E-state index in [1.807, 2.05) is 18.2 Å². The van der Waals surface area contributed by atoms with Gasteiger partial charge in [-0.3, -0.25) is 0 Å². The third kappa shape index (κ3) is 6.41. The van der Waals surface area contributed by atoms with E-state index in [1.54, 1.807) is 0 Å². The number of aliphatic hydroxyl groups is 1. The fourth-order valence-electron chi connectivity index (χ4n) is 1.93. The second-order valence-electron chi connectivity index (χ2n) is 4.53. The molecule has 0 atom stereocenters. The number of allylic oxidation sites excluding steroid dienone is 2. The first-order valence-corrected chi connectivity index (χ1v) is 6.90. The molecule has 1 aromatic carbocycles. The lowest BCUT2D eigenvalue weighted by Crippen LogP contribution is -1.84. The van der Waals surface area contributed by atoms with E-state index in [4.69, 9.17) is 5.11 Å². The third-order valence-electron chi connectivity index (χ3n) is 2.91. The van der Waals surface area contributed by atoms with Crippen molar-refractivity contribution in [3.8, 4) is 0 Å². The van der Waals surface area contributed by atoms with Crippen molar-refractivity contribution in [3.05, 3.63) is 53.6 Å². The summed E-state index contributed by atoms with van der Waals surface area (Å²) >= 11 is 0. The predicted octanol–water partition coefficient (Wildman–Crippen LogP) is 4.59. The van der Waals surface area contributed by atoms with Crippen LogP contribution < -0.4 is 0 Å². The highest BCUT2D eigenvalue weighted by molar-refractivity contribution is 5.55. The van der Waals surface area contributed by atoms with Gasteiger partial charge in [-0.2, -0.15) is 0 Å². The van der Waals surface area contributed by atoms with Gasteiger partial charge in [-0.25, -0.2) is 0 Å². The molecule has 0 heterocycles. The Balaban J connectivity index is 2.60. The Kier molecular flexibility index (Phi) is 7.90. The van der Waals surface area contributed by atoms with Crippen LogP contribution in [0.5, 0.6) is 0 Å². The zero-order chi connectivity index (χ0) is 13.1. The lowest BCUT2D eigenvalue weighted by atomic mass is 10.0. The van der Waals surface area contributed by atoms with Gasteiger partial charge in [0.05, 0.1) is 6.61 Å². The molecule has 1 heteroatoms. The van der Waals surface area contributed by atoms with Crippen LogP contribution in [0.3, 0.4) is 0 Å². The maximum absolute atomic E-state index is 8.88. The van der Waals surface area contributed by atoms with Crippen molar-refractivity contribution in [1.29, 1.82) is 0 Å². The molecule has 0 aliphatic heterocycles. The fraction of sp³-hybridized carbons (Fsp3) is 0.412. The second kappa shape index (κ2) is 9.67. The SMILES string of the molecule is CCCCCCC(/C=C/CO)=C\c1ccccc1. The number of hydrogen-bond donors (Lipinski definition) is 1. The lowest BCUT2D eigenvalue weighted by molar-refractivity contribution is 0.342. The van der Waals surface area contributed by atoms with Crippen LogP contribution in [0.15, 0.2) is 48.1 Å². The normalized spacial score (nSPS) is 12.2. The van der Waals surface area contributed by atoms with E-state index in [9.17, 15) is 0 Å². The monoisotopic (exact) mass is 244 g/mol. The van der Waals surface area contributed by atoms with Crippen LogP contribution in [-0.2, 0) is 0 Å². The third-order valence-corrected chi connectivity index (χ3v) is 2.91. The number of hydrogen-bond acceptors (Lipinski definition) is 1. The van der Waals surface area contributed by atoms with Gasteiger partial charge < -0.3 is 5.11 Å². The summed E-state index contributed by atoms with van der Waals surface area (Å²) in [6.07, 6.45) is 12.2. The highest BCUT2D eigenvalue weighted by Gasteiger charge is 1.95. The van der Waals surface area contributed by atoms with Gasteiger partial charge in [-0.05, 0) is 24.0 Å². The Morgan fingerprint density at radius 2 is 1.89 bits per heavy atom. The Labute approximate surface area is 111 Å². The fourth-order valence-corrected chi connectivity index (χ4v) is 1.93. The molecular formula is C17H24O. The number of rotatable bonds is 8. The summed E-state index contributed by atoms with van der Waals surface area (Å²) < 4.78 is 0. The number of aliphatic hydroxyl groups excluding tert-OH is 1. The molecular weight excluding hydrogens is 220 g/mol. The zero-order valence-electron chi connectivity index (χ0n) is 11.3. The van der Waals surface area contributed by atoms with Gasteiger partial charge in [0.2, 0.25) is 0 Å². The van der Waals surface area contributed by atoms with Crippen LogP contribution in [0, 0.1) is 0 Å². The van der Waals surface area contributed by atoms with Gasteiger partial charge >= 0.3 is 0 Å². The van der Waals surface area contributed by atoms with Crippen molar-refractivity contribution >= 4 is 6.08 Å². The molecule has 0 saturated carbocycles. The molecule has 1 N–H and O–H groups in total. The van der Waals surface area contributed by atoms with E-state index in [0.717, 1.165) is 6.42 Å². The average molecular weight is 244 g/mol. The highest BCUT2D eigenvalue weighted by atomic mass is 16.2. The minimum Gasteiger partial charge on any atom is -0.392 e. The van der Waals surface area contributed by atoms with Gasteiger partial charge in [0.15, 0.2) is 0 Å². The Hall–Kier alpha value is -1.34. The molecule has 1 rings (SSSR count). The van der Waals surface area contributed by atoms with Crippen molar-refractivity contribution in [3.63, 3.8) is 0 Å². The summed E-state index contributed by atoms with van der Waals surface area (Å²) in [6, 6.07) is 10.4. The van der Waals surface area contributed by atoms with E-state index in [1.165, 1.54) is 36.8 Å². The molecule has 1 aromatic rings. The average Bonchev–Trinajstić information content (AvgIpc) is 2.41. The summed E-state index contributed by atoms with van der Waals surface area (Å²) in [4.78, 5) is 0. The first-order valence-electron chi connectivity index (χ1n) is 6.90. The molecule has 0 unspecified atom stereocenters. The standard InChI is InChI=1S/C17H24O/c1-2-3-4-6-10-17(13-9-14-18)15-16-11-7-5-8-12-16/h5,7-9,11-13,15,18H,2-4,6,10,14H2,1H3/b13-9+,17-15+. The van der Waals surface area contributed by atoms with Crippen LogP contribution >= 0.6 is 0 Å². The van der Waals surface area contributed by atoms with E-state index in [-0.39, 0.29) is 6.61 Å². The molecule has 0 aliphatic carbocycles. The van der Waals surface area contributed by atoms with Gasteiger partial charge in [-0.1, -0.05) is 74.7 Å². The first kappa shape index (κ1) is 14.7. The smallest absolute Gasteiger partial charge is 0.0615 e. The molecule has 98 valence electrons. The van der Waals surface area contributed by atoms with Crippen molar-refractivity contribution in [2.45, 2.75) is 39.0 Å². The zero-order valence-corrected chi connectivity index (χ0v) is 11.3. The van der Waals surface area contributed by atoms with Gasteiger partial charge in [0.1, 0.15) is 0 Å². The molecule has 0 spiro atoms. The van der Waals surface area contributed by atoms with Crippen LogP contribution in [0.4, 0.5) is 0 Å². The molecule has 0 radical (unpaired) electrons. The minimum absolute atomic E-state index is 0.112. The van der Waals surface area contributed by atoms with Gasteiger partial charge in [0.25, 0.3) is 0 Å². The maximum atomic E-state index is 8.88. The van der Waals surface area contributed by atoms with Gasteiger partial charge in [0, 0.05) is 0 Å². The summed E-state index contributed by atoms with van der Waals surface area (Å²) in [5, 5.41) is 8.88. The quantitative estimate of drug-likeness (QED) is 0.524. The van der Waals surface area contributed by atoms with Crippen molar-refractivity contribution in [2.75, 3.05) is 6.61 Å². The molecule has 0 aliphatic rings. The van der Waals surface area contributed by atoms with E-state index in [0.29, 0.717) is 0 Å². The summed E-state index contributed by atoms with van der Waals surface area (Å²) in [5.74, 6) is 0. The van der Waals surface area contributed by atoms with E-state index < -0.39 is 0 Å². The summed E-state index contributed by atoms with van der Waals surface area (Å²) in [5.41, 5.74) is 2.52. The van der Waals surface area contributed by atoms with Crippen molar-refractivity contribution in [1.82, 2.24) is 0 Å². The Bertz CT molecular complexity index is 362. The predicted molar refractivity (Wildman–Crippen MR) is 79.4 cm³/mol. The minimum atomic E-state index is 0.112. The van der Waals surface area contributed by atoms with Crippen LogP contribution in [0.1, 0.15) is 44.6 Å². The van der Waals surface area contributed by atoms with E-state index >= 15 is 0 Å². The van der Waals surface area contributed by atoms with Crippen LogP contribution in [0.2, 0.25) is 0 Å². The molecule has 1 nitrogen and oxygen atoms in total. The Morgan fingerprint density at radius 3 is 2.56 bits per heavy atom. The van der Waals surface area contributed by atoms with Gasteiger partial charge in [-0.15, -0.1) is 0 Å². The highest BCUT2D eigenvalue weighted by Crippen LogP contribution is 2.15. The van der Waals surface area contributed by atoms with E-state index in [2.05, 4.69) is 37.3 Å². The molecule has 0 fully saturated rings. The second-order valence-corrected chi connectivity index (χ2v) is 4.53. The first-order chi connectivity index (χ1) is 8.86.